The number of anilines is 1. The number of aromatic amines is 1. The van der Waals surface area contributed by atoms with Gasteiger partial charge in [0.05, 0.1) is 27.8 Å². The maximum atomic E-state index is 14.0. The zero-order valence-electron chi connectivity index (χ0n) is 21.1. The van der Waals surface area contributed by atoms with Gasteiger partial charge in [-0.05, 0) is 75.3 Å². The van der Waals surface area contributed by atoms with E-state index in [-0.39, 0.29) is 17.0 Å². The van der Waals surface area contributed by atoms with Crippen LogP contribution >= 0.6 is 23.5 Å². The van der Waals surface area contributed by atoms with Crippen molar-refractivity contribution in [1.29, 1.82) is 0 Å². The lowest BCUT2D eigenvalue weighted by molar-refractivity contribution is -0.117. The quantitative estimate of drug-likeness (QED) is 0.284. The van der Waals surface area contributed by atoms with Crippen molar-refractivity contribution >= 4 is 46.2 Å². The number of H-pyrrole nitrogens is 1. The van der Waals surface area contributed by atoms with E-state index in [0.717, 1.165) is 33.6 Å². The molecule has 0 unspecified atom stereocenters. The predicted octanol–water partition coefficient (Wildman–Crippen LogP) is 6.86. The van der Waals surface area contributed by atoms with Gasteiger partial charge in [-0.25, -0.2) is 9.37 Å². The van der Waals surface area contributed by atoms with E-state index < -0.39 is 5.82 Å². The summed E-state index contributed by atoms with van der Waals surface area (Å²) < 4.78 is 21.7. The number of aryl methyl sites for hydroxylation is 2. The van der Waals surface area contributed by atoms with E-state index in [4.69, 9.17) is 21.1 Å². The van der Waals surface area contributed by atoms with E-state index >= 15 is 0 Å². The van der Waals surface area contributed by atoms with Gasteiger partial charge in [-0.15, -0.1) is 0 Å². The fraction of sp³-hybridized carbons (Fsp3) is 0.370. The van der Waals surface area contributed by atoms with Crippen LogP contribution in [-0.2, 0) is 4.79 Å². The topological polar surface area (TPSA) is 78.3 Å². The molecule has 1 N–H and O–H groups in total. The van der Waals surface area contributed by atoms with Gasteiger partial charge >= 0.3 is 0 Å². The van der Waals surface area contributed by atoms with Crippen molar-refractivity contribution in [2.75, 3.05) is 24.2 Å². The monoisotopic (exact) mass is 541 g/mol. The molecule has 4 heterocycles. The van der Waals surface area contributed by atoms with E-state index in [2.05, 4.69) is 20.7 Å². The number of amides is 1. The molecular weight excluding hydrogens is 513 g/mol. The standard InChI is InChI=1S/C22H18ClFN4O2.C5H11NS/c1-11-21(12(2)30-27-11)13-3-6-17-18(9-13)26-22(25-17)19-7-8-20(29)28(19)14-4-5-15(23)16(24)10-14;1-7-6-4-2-3-5-6/h3-6,9-10,19H,7-8H2,1-2H3,(H,25,26);2-5H2,1H3/t19-;/m0./s1. The highest BCUT2D eigenvalue weighted by Crippen LogP contribution is 2.38. The zero-order valence-corrected chi connectivity index (χ0v) is 22.6. The smallest absolute Gasteiger partial charge is 0.227 e. The molecule has 2 fully saturated rings. The molecule has 1 atom stereocenters. The summed E-state index contributed by atoms with van der Waals surface area (Å²) in [5, 5.41) is 4.05. The molecule has 0 saturated carbocycles. The van der Waals surface area contributed by atoms with Crippen molar-refractivity contribution in [2.24, 2.45) is 0 Å². The molecule has 2 aliphatic rings. The van der Waals surface area contributed by atoms with Crippen LogP contribution in [0.4, 0.5) is 10.1 Å². The number of fused-ring (bicyclic) bond motifs is 1. The first-order valence-electron chi connectivity index (χ1n) is 12.3. The molecule has 37 heavy (non-hydrogen) atoms. The van der Waals surface area contributed by atoms with Crippen LogP contribution in [0.25, 0.3) is 22.2 Å². The second-order valence-corrected chi connectivity index (χ2v) is 10.6. The summed E-state index contributed by atoms with van der Waals surface area (Å²) in [6, 6.07) is 10.0. The maximum Gasteiger partial charge on any atom is 0.227 e. The number of imidazole rings is 1. The van der Waals surface area contributed by atoms with Crippen LogP contribution in [0.1, 0.15) is 49.0 Å². The number of aromatic nitrogens is 3. The number of carbonyl (C=O) groups is 1. The van der Waals surface area contributed by atoms with Crippen LogP contribution in [-0.4, -0.2) is 44.7 Å². The highest BCUT2D eigenvalue weighted by molar-refractivity contribution is 7.96. The first kappa shape index (κ1) is 25.8. The summed E-state index contributed by atoms with van der Waals surface area (Å²) in [5.41, 5.74) is 4.88. The Morgan fingerprint density at radius 3 is 2.59 bits per heavy atom. The third kappa shape index (κ3) is 5.26. The molecular formula is C27H29ClFN5O2S. The summed E-state index contributed by atoms with van der Waals surface area (Å²) >= 11 is 7.67. The second kappa shape index (κ2) is 10.8. The highest BCUT2D eigenvalue weighted by Gasteiger charge is 2.35. The molecule has 0 spiro atoms. The lowest BCUT2D eigenvalue weighted by atomic mass is 10.0. The van der Waals surface area contributed by atoms with E-state index in [1.165, 1.54) is 38.1 Å². The summed E-state index contributed by atoms with van der Waals surface area (Å²) in [6.07, 6.45) is 5.92. The molecule has 2 saturated heterocycles. The molecule has 0 aliphatic carbocycles. The van der Waals surface area contributed by atoms with Crippen LogP contribution < -0.4 is 4.90 Å². The van der Waals surface area contributed by atoms with Crippen LogP contribution in [0.15, 0.2) is 40.9 Å². The van der Waals surface area contributed by atoms with Gasteiger partial charge in [0.25, 0.3) is 0 Å². The lowest BCUT2D eigenvalue weighted by Crippen LogP contribution is -2.28. The largest absolute Gasteiger partial charge is 0.361 e. The Labute approximate surface area is 224 Å². The number of carbonyl (C=O) groups excluding carboxylic acids is 1. The number of halogens is 2. The van der Waals surface area contributed by atoms with Crippen LogP contribution in [0.5, 0.6) is 0 Å². The molecule has 1 amide bonds. The Morgan fingerprint density at radius 1 is 1.16 bits per heavy atom. The zero-order chi connectivity index (χ0) is 26.1. The lowest BCUT2D eigenvalue weighted by Gasteiger charge is -2.23. The number of hydrogen-bond acceptors (Lipinski definition) is 6. The van der Waals surface area contributed by atoms with Crippen molar-refractivity contribution in [3.8, 4) is 11.1 Å². The Bertz CT molecular complexity index is 1410. The Balaban J connectivity index is 0.000000348. The fourth-order valence-corrected chi connectivity index (χ4v) is 5.75. The molecule has 194 valence electrons. The molecule has 0 radical (unpaired) electrons. The van der Waals surface area contributed by atoms with E-state index in [1.54, 1.807) is 11.0 Å². The molecule has 2 aromatic heterocycles. The van der Waals surface area contributed by atoms with Crippen molar-refractivity contribution in [1.82, 2.24) is 19.4 Å². The van der Waals surface area contributed by atoms with Gasteiger partial charge in [-0.2, -0.15) is 0 Å². The molecule has 2 aromatic carbocycles. The number of benzene rings is 2. The number of nitrogens with zero attached hydrogens (tertiary/aromatic N) is 4. The maximum absolute atomic E-state index is 14.0. The van der Waals surface area contributed by atoms with Gasteiger partial charge in [-0.1, -0.05) is 34.8 Å². The van der Waals surface area contributed by atoms with Crippen molar-refractivity contribution in [3.63, 3.8) is 0 Å². The Morgan fingerprint density at radius 2 is 1.95 bits per heavy atom. The third-order valence-electron chi connectivity index (χ3n) is 6.85. The third-order valence-corrected chi connectivity index (χ3v) is 8.04. The normalized spacial score (nSPS) is 18.0. The number of rotatable bonds is 4. The van der Waals surface area contributed by atoms with Crippen molar-refractivity contribution in [3.05, 3.63) is 64.5 Å². The first-order chi connectivity index (χ1) is 17.9. The minimum Gasteiger partial charge on any atom is -0.361 e. The fourth-order valence-electron chi connectivity index (χ4n) is 5.01. The molecule has 7 nitrogen and oxygen atoms in total. The van der Waals surface area contributed by atoms with Gasteiger partial charge in [0, 0.05) is 30.8 Å². The SMILES string of the molecule is CSN1CCCC1.Cc1noc(C)c1-c1ccc2nc([C@@H]3CCC(=O)N3c3ccc(Cl)c(F)c3)[nH]c2c1. The summed E-state index contributed by atoms with van der Waals surface area (Å²) in [7, 11) is 0. The van der Waals surface area contributed by atoms with E-state index in [1.807, 2.05) is 44.0 Å². The van der Waals surface area contributed by atoms with E-state index in [9.17, 15) is 9.18 Å². The number of nitrogens with one attached hydrogen (secondary N) is 1. The minimum absolute atomic E-state index is 0.0255. The summed E-state index contributed by atoms with van der Waals surface area (Å²) in [5.74, 6) is 0.797. The molecule has 4 aromatic rings. The average Bonchev–Trinajstić information content (AvgIpc) is 3.68. The average molecular weight is 542 g/mol. The van der Waals surface area contributed by atoms with Gasteiger partial charge in [-0.3, -0.25) is 9.10 Å². The predicted molar refractivity (Wildman–Crippen MR) is 146 cm³/mol. The van der Waals surface area contributed by atoms with Crippen molar-refractivity contribution in [2.45, 2.75) is 45.6 Å². The molecule has 10 heteroatoms. The molecule has 0 bridgehead atoms. The minimum atomic E-state index is -0.554. The number of hydrogen-bond donors (Lipinski definition) is 1. The summed E-state index contributed by atoms with van der Waals surface area (Å²) in [6.45, 7) is 6.40. The Hall–Kier alpha value is -2.88. The van der Waals surface area contributed by atoms with Crippen LogP contribution in [0.2, 0.25) is 5.02 Å². The first-order valence-corrected chi connectivity index (χ1v) is 13.9. The van der Waals surface area contributed by atoms with Crippen LogP contribution in [0, 0.1) is 19.7 Å². The second-order valence-electron chi connectivity index (χ2n) is 9.29. The van der Waals surface area contributed by atoms with Gasteiger partial charge in [0.1, 0.15) is 17.4 Å². The van der Waals surface area contributed by atoms with Crippen LogP contribution in [0.3, 0.4) is 0 Å². The van der Waals surface area contributed by atoms with Gasteiger partial charge < -0.3 is 14.4 Å². The van der Waals surface area contributed by atoms with Gasteiger partial charge in [0.2, 0.25) is 5.91 Å². The Kier molecular flexibility index (Phi) is 7.55. The van der Waals surface area contributed by atoms with Crippen molar-refractivity contribution < 1.29 is 13.7 Å². The molecule has 2 aliphatic heterocycles. The molecule has 6 rings (SSSR count). The van der Waals surface area contributed by atoms with E-state index in [0.29, 0.717) is 24.4 Å². The van der Waals surface area contributed by atoms with Gasteiger partial charge in [0.15, 0.2) is 0 Å². The summed E-state index contributed by atoms with van der Waals surface area (Å²) in [4.78, 5) is 22.2. The highest BCUT2D eigenvalue weighted by atomic mass is 35.5.